The van der Waals surface area contributed by atoms with Crippen LogP contribution in [0.25, 0.3) is 10.9 Å². The molecule has 0 amide bonds. The van der Waals surface area contributed by atoms with E-state index in [0.717, 1.165) is 16.5 Å². The van der Waals surface area contributed by atoms with Crippen molar-refractivity contribution in [3.63, 3.8) is 0 Å². The van der Waals surface area contributed by atoms with Crippen molar-refractivity contribution < 1.29 is 0 Å². The first kappa shape index (κ1) is 11.3. The quantitative estimate of drug-likeness (QED) is 0.612. The molecule has 2 heterocycles. The lowest BCUT2D eigenvalue weighted by atomic mass is 10.1. The third-order valence-corrected chi connectivity index (χ3v) is 2.09. The van der Waals surface area contributed by atoms with Gasteiger partial charge in [0.1, 0.15) is 5.69 Å². The number of hydrogen-bond donors (Lipinski definition) is 0. The Morgan fingerprint density at radius 3 is 2.60 bits per heavy atom. The Hall–Kier alpha value is -1.82. The van der Waals surface area contributed by atoms with Gasteiger partial charge in [0.15, 0.2) is 0 Å². The van der Waals surface area contributed by atoms with Gasteiger partial charge >= 0.3 is 0 Å². The van der Waals surface area contributed by atoms with Crippen molar-refractivity contribution in [3.05, 3.63) is 23.7 Å². The van der Waals surface area contributed by atoms with Gasteiger partial charge in [-0.05, 0) is 18.4 Å². The summed E-state index contributed by atoms with van der Waals surface area (Å²) >= 11 is 0. The molecule has 0 aliphatic carbocycles. The highest BCUT2D eigenvalue weighted by molar-refractivity contribution is 5.86. The average Bonchev–Trinajstić information content (AvgIpc) is 2.60. The molecule has 0 aliphatic heterocycles. The van der Waals surface area contributed by atoms with Crippen molar-refractivity contribution in [1.29, 1.82) is 0 Å². The molecule has 0 saturated carbocycles. The van der Waals surface area contributed by atoms with Crippen molar-refractivity contribution in [2.24, 2.45) is 7.05 Å². The molecular formula is C12H15N3. The predicted octanol–water partition coefficient (Wildman–Crippen LogP) is 2.28. The van der Waals surface area contributed by atoms with E-state index in [2.05, 4.69) is 16.0 Å². The lowest BCUT2D eigenvalue weighted by Crippen LogP contribution is -1.89. The maximum Gasteiger partial charge on any atom is 0.143 e. The smallest absolute Gasteiger partial charge is 0.143 e. The Balaban J connectivity index is 0.000000531. The zero-order valence-electron chi connectivity index (χ0n) is 9.57. The fraction of sp³-hybridized carbons (Fsp3) is 0.333. The number of hydrogen-bond acceptors (Lipinski definition) is 2. The third-order valence-electron chi connectivity index (χ3n) is 2.09. The number of pyridine rings is 1. The number of aromatic nitrogens is 3. The molecule has 0 aliphatic rings. The van der Waals surface area contributed by atoms with Crippen LogP contribution in [0.15, 0.2) is 12.4 Å². The van der Waals surface area contributed by atoms with Gasteiger partial charge in [-0.25, -0.2) is 0 Å². The second-order valence-corrected chi connectivity index (χ2v) is 2.97. The summed E-state index contributed by atoms with van der Waals surface area (Å²) in [6.07, 6.45) is 8.92. The second-order valence-electron chi connectivity index (χ2n) is 2.97. The Morgan fingerprint density at radius 1 is 1.33 bits per heavy atom. The van der Waals surface area contributed by atoms with Crippen LogP contribution in [0, 0.1) is 19.3 Å². The summed E-state index contributed by atoms with van der Waals surface area (Å²) in [5, 5.41) is 5.24. The lowest BCUT2D eigenvalue weighted by molar-refractivity contribution is 0.791. The Morgan fingerprint density at radius 2 is 2.00 bits per heavy atom. The second kappa shape index (κ2) is 4.61. The number of aryl methyl sites for hydroxylation is 2. The average molecular weight is 201 g/mol. The minimum absolute atomic E-state index is 0.692. The zero-order chi connectivity index (χ0) is 11.4. The normalized spacial score (nSPS) is 9.27. The first-order chi connectivity index (χ1) is 7.24. The van der Waals surface area contributed by atoms with E-state index in [1.54, 1.807) is 17.1 Å². The monoisotopic (exact) mass is 201 g/mol. The van der Waals surface area contributed by atoms with Crippen LogP contribution in [0.3, 0.4) is 0 Å². The number of fused-ring (bicyclic) bond motifs is 1. The van der Waals surface area contributed by atoms with E-state index in [0.29, 0.717) is 5.69 Å². The van der Waals surface area contributed by atoms with Crippen LogP contribution in [0.2, 0.25) is 0 Å². The molecule has 3 heteroatoms. The summed E-state index contributed by atoms with van der Waals surface area (Å²) < 4.78 is 1.75. The molecule has 15 heavy (non-hydrogen) atoms. The minimum Gasteiger partial charge on any atom is -0.265 e. The van der Waals surface area contributed by atoms with Crippen molar-refractivity contribution in [3.8, 4) is 12.3 Å². The van der Waals surface area contributed by atoms with Gasteiger partial charge in [-0.3, -0.25) is 9.67 Å². The van der Waals surface area contributed by atoms with Crippen LogP contribution in [-0.2, 0) is 7.05 Å². The summed E-state index contributed by atoms with van der Waals surface area (Å²) in [7, 11) is 1.87. The van der Waals surface area contributed by atoms with Gasteiger partial charge in [0.25, 0.3) is 0 Å². The molecule has 0 atom stereocenters. The van der Waals surface area contributed by atoms with Crippen molar-refractivity contribution in [2.75, 3.05) is 0 Å². The largest absolute Gasteiger partial charge is 0.265 e. The fourth-order valence-corrected chi connectivity index (χ4v) is 1.46. The van der Waals surface area contributed by atoms with E-state index in [4.69, 9.17) is 6.42 Å². The predicted molar refractivity (Wildman–Crippen MR) is 62.5 cm³/mol. The molecule has 0 bridgehead atoms. The fourth-order valence-electron chi connectivity index (χ4n) is 1.46. The first-order valence-corrected chi connectivity index (χ1v) is 4.98. The molecule has 0 aromatic carbocycles. The molecule has 0 unspecified atom stereocenters. The van der Waals surface area contributed by atoms with E-state index >= 15 is 0 Å². The van der Waals surface area contributed by atoms with Gasteiger partial charge in [-0.15, -0.1) is 6.42 Å². The summed E-state index contributed by atoms with van der Waals surface area (Å²) in [6, 6.07) is 0. The van der Waals surface area contributed by atoms with Crippen LogP contribution in [0.5, 0.6) is 0 Å². The topological polar surface area (TPSA) is 30.7 Å². The van der Waals surface area contributed by atoms with Gasteiger partial charge in [0.2, 0.25) is 0 Å². The van der Waals surface area contributed by atoms with Gasteiger partial charge < -0.3 is 0 Å². The van der Waals surface area contributed by atoms with E-state index in [1.807, 2.05) is 27.8 Å². The van der Waals surface area contributed by atoms with Gasteiger partial charge in [0, 0.05) is 18.6 Å². The van der Waals surface area contributed by atoms with Crippen LogP contribution < -0.4 is 0 Å². The summed E-state index contributed by atoms with van der Waals surface area (Å²) in [4.78, 5) is 4.09. The number of nitrogens with zero attached hydrogens (tertiary/aromatic N) is 3. The molecule has 78 valence electrons. The number of rotatable bonds is 0. The third kappa shape index (κ3) is 1.84. The Labute approximate surface area is 90.1 Å². The van der Waals surface area contributed by atoms with E-state index in [1.165, 1.54) is 0 Å². The molecular weight excluding hydrogens is 186 g/mol. The van der Waals surface area contributed by atoms with Crippen LogP contribution >= 0.6 is 0 Å². The Kier molecular flexibility index (Phi) is 3.46. The maximum absolute atomic E-state index is 5.35. The summed E-state index contributed by atoms with van der Waals surface area (Å²) in [5.74, 6) is 2.57. The van der Waals surface area contributed by atoms with Crippen LogP contribution in [0.1, 0.15) is 25.1 Å². The van der Waals surface area contributed by atoms with Gasteiger partial charge in [0.05, 0.1) is 11.7 Å². The SMILES string of the molecule is C#Cc1nn(C)c2cncc(C)c12.CC. The molecule has 3 nitrogen and oxygen atoms in total. The molecule has 2 rings (SSSR count). The summed E-state index contributed by atoms with van der Waals surface area (Å²) in [5.41, 5.74) is 2.74. The molecule has 0 N–H and O–H groups in total. The maximum atomic E-state index is 5.35. The van der Waals surface area contributed by atoms with Crippen molar-refractivity contribution >= 4 is 10.9 Å². The molecule has 0 radical (unpaired) electrons. The minimum atomic E-state index is 0.692. The van der Waals surface area contributed by atoms with Crippen LogP contribution in [-0.4, -0.2) is 14.8 Å². The van der Waals surface area contributed by atoms with Gasteiger partial charge in [-0.1, -0.05) is 13.8 Å². The van der Waals surface area contributed by atoms with Gasteiger partial charge in [-0.2, -0.15) is 5.10 Å². The highest BCUT2D eigenvalue weighted by Crippen LogP contribution is 2.19. The zero-order valence-corrected chi connectivity index (χ0v) is 9.57. The van der Waals surface area contributed by atoms with E-state index < -0.39 is 0 Å². The van der Waals surface area contributed by atoms with E-state index in [-0.39, 0.29) is 0 Å². The van der Waals surface area contributed by atoms with Crippen LogP contribution in [0.4, 0.5) is 0 Å². The molecule has 2 aromatic heterocycles. The molecule has 0 fully saturated rings. The molecule has 2 aromatic rings. The lowest BCUT2D eigenvalue weighted by Gasteiger charge is -1.94. The highest BCUT2D eigenvalue weighted by atomic mass is 15.3. The number of terminal acetylenes is 1. The highest BCUT2D eigenvalue weighted by Gasteiger charge is 2.08. The first-order valence-electron chi connectivity index (χ1n) is 4.98. The molecule has 0 saturated heterocycles. The van der Waals surface area contributed by atoms with Crippen molar-refractivity contribution in [1.82, 2.24) is 14.8 Å². The summed E-state index contributed by atoms with van der Waals surface area (Å²) in [6.45, 7) is 5.98. The molecule has 0 spiro atoms. The van der Waals surface area contributed by atoms with E-state index in [9.17, 15) is 0 Å². The Bertz CT molecular complexity index is 503. The van der Waals surface area contributed by atoms with Crippen molar-refractivity contribution in [2.45, 2.75) is 20.8 Å². The standard InChI is InChI=1S/C10H9N3.C2H6/c1-4-8-10-7(2)5-11-6-9(10)13(3)12-8;1-2/h1,5-6H,2-3H3;1-2H3.